The van der Waals surface area contributed by atoms with Crippen LogP contribution < -0.4 is 10.6 Å². The number of aromatic amines is 2. The van der Waals surface area contributed by atoms with Crippen molar-refractivity contribution >= 4 is 28.0 Å². The van der Waals surface area contributed by atoms with Crippen LogP contribution >= 0.6 is 0 Å². The molecule has 1 amide bonds. The van der Waals surface area contributed by atoms with Crippen molar-refractivity contribution in [2.45, 2.75) is 38.3 Å². The number of H-pyrrole nitrogens is 2. The minimum absolute atomic E-state index is 0.0758. The number of aromatic nitrogens is 6. The highest BCUT2D eigenvalue weighted by atomic mass is 16.1. The van der Waals surface area contributed by atoms with E-state index in [2.05, 4.69) is 47.9 Å². The molecule has 0 saturated heterocycles. The average Bonchev–Trinajstić information content (AvgIpc) is 3.52. The van der Waals surface area contributed by atoms with Gasteiger partial charge in [0.05, 0.1) is 16.5 Å². The highest BCUT2D eigenvalue weighted by Gasteiger charge is 2.25. The Hall–Kier alpha value is -4.11. The van der Waals surface area contributed by atoms with Crippen molar-refractivity contribution in [2.75, 3.05) is 6.54 Å². The fourth-order valence-corrected chi connectivity index (χ4v) is 5.60. The van der Waals surface area contributed by atoms with Crippen molar-refractivity contribution in [3.05, 3.63) is 60.0 Å². The zero-order chi connectivity index (χ0) is 24.1. The van der Waals surface area contributed by atoms with Crippen molar-refractivity contribution in [1.82, 2.24) is 40.8 Å². The lowest BCUT2D eigenvalue weighted by molar-refractivity contribution is 0.0921. The molecule has 1 aromatic carbocycles. The van der Waals surface area contributed by atoms with Crippen LogP contribution in [0.5, 0.6) is 0 Å². The molecule has 7 rings (SSSR count). The molecule has 1 fully saturated rings. The summed E-state index contributed by atoms with van der Waals surface area (Å²) >= 11 is 0. The second-order valence-corrected chi connectivity index (χ2v) is 9.90. The number of nitrogens with zero attached hydrogens (tertiary/aromatic N) is 4. The number of carbonyl (C=O) groups excluding carboxylic acids is 1. The number of pyridine rings is 2. The van der Waals surface area contributed by atoms with Crippen LogP contribution in [0.15, 0.2) is 48.9 Å². The third-order valence-corrected chi connectivity index (χ3v) is 7.41. The number of imidazole rings is 1. The molecule has 8 bridgehead atoms. The summed E-state index contributed by atoms with van der Waals surface area (Å²) < 4.78 is 0. The van der Waals surface area contributed by atoms with E-state index in [0.29, 0.717) is 34.2 Å². The fourth-order valence-electron chi connectivity index (χ4n) is 5.60. The molecule has 1 aliphatic carbocycles. The van der Waals surface area contributed by atoms with E-state index in [9.17, 15) is 4.79 Å². The topological polar surface area (TPSA) is 124 Å². The van der Waals surface area contributed by atoms with Crippen LogP contribution in [0, 0.1) is 5.92 Å². The summed E-state index contributed by atoms with van der Waals surface area (Å²) in [5.74, 6) is 1.05. The first kappa shape index (κ1) is 21.2. The predicted molar refractivity (Wildman–Crippen MR) is 137 cm³/mol. The number of hydrogen-bond acceptors (Lipinski definition) is 6. The Labute approximate surface area is 207 Å². The van der Waals surface area contributed by atoms with Gasteiger partial charge in [0.25, 0.3) is 5.91 Å². The molecule has 2 atom stereocenters. The average molecular weight is 479 g/mol. The number of hydrogen-bond donors (Lipinski definition) is 4. The molecule has 4 N–H and O–H groups in total. The molecule has 180 valence electrons. The summed E-state index contributed by atoms with van der Waals surface area (Å²) in [5, 5.41) is 15.3. The summed E-state index contributed by atoms with van der Waals surface area (Å²) in [6, 6.07) is 10.1. The molecule has 2 unspecified atom stereocenters. The van der Waals surface area contributed by atoms with Crippen LogP contribution in [-0.4, -0.2) is 48.6 Å². The monoisotopic (exact) mass is 478 g/mol. The number of para-hydroxylation sites is 1. The lowest BCUT2D eigenvalue weighted by Crippen LogP contribution is -2.40. The second-order valence-electron chi connectivity index (χ2n) is 9.90. The first-order valence-electron chi connectivity index (χ1n) is 12.5. The Kier molecular flexibility index (Phi) is 5.02. The van der Waals surface area contributed by atoms with E-state index in [1.807, 2.05) is 36.8 Å². The lowest BCUT2D eigenvalue weighted by atomic mass is 9.85. The van der Waals surface area contributed by atoms with E-state index >= 15 is 0 Å². The predicted octanol–water partition coefficient (Wildman–Crippen LogP) is 3.96. The van der Waals surface area contributed by atoms with E-state index in [1.165, 1.54) is 6.42 Å². The summed E-state index contributed by atoms with van der Waals surface area (Å²) in [7, 11) is 0. The smallest absolute Gasteiger partial charge is 0.253 e. The van der Waals surface area contributed by atoms with Gasteiger partial charge < -0.3 is 15.6 Å². The molecule has 9 heteroatoms. The van der Waals surface area contributed by atoms with Gasteiger partial charge in [-0.2, -0.15) is 5.10 Å². The highest BCUT2D eigenvalue weighted by molar-refractivity contribution is 6.06. The summed E-state index contributed by atoms with van der Waals surface area (Å²) in [6.45, 7) is 1.67. The second kappa shape index (κ2) is 8.53. The first-order valence-corrected chi connectivity index (χ1v) is 12.5. The molecule has 5 heterocycles. The third kappa shape index (κ3) is 3.72. The fraction of sp³-hybridized carbons (Fsp3) is 0.296. The molecule has 4 aromatic heterocycles. The van der Waals surface area contributed by atoms with Crippen molar-refractivity contribution in [3.8, 4) is 22.6 Å². The minimum Gasteiger partial charge on any atom is -0.349 e. The molecule has 9 nitrogen and oxygen atoms in total. The Balaban J connectivity index is 1.38. The summed E-state index contributed by atoms with van der Waals surface area (Å²) in [4.78, 5) is 30.6. The molecular formula is C27H26N8O. The van der Waals surface area contributed by atoms with Crippen LogP contribution in [0.4, 0.5) is 0 Å². The van der Waals surface area contributed by atoms with Gasteiger partial charge in [-0.3, -0.25) is 14.9 Å². The molecule has 0 radical (unpaired) electrons. The zero-order valence-corrected chi connectivity index (χ0v) is 19.7. The zero-order valence-electron chi connectivity index (χ0n) is 19.7. The molecular weight excluding hydrogens is 452 g/mol. The molecule has 36 heavy (non-hydrogen) atoms. The standard InChI is InChI=1S/C27H26N8O/c36-27-20-5-2-6-22-23(20)33-26(32-22)24-21-9-18(14-30-25(21)35-34-24)17-7-16(12-29-13-17)11-28-10-15-3-1-4-19(8-15)31-27/h2,5-7,9,12-15,19,28H,1,3-4,8,10-11H2,(H,31,36)(H,32,33)(H,30,34,35). The molecule has 0 spiro atoms. The Bertz CT molecular complexity index is 1600. The number of fused-ring (bicyclic) bond motifs is 8. The van der Waals surface area contributed by atoms with Gasteiger partial charge >= 0.3 is 0 Å². The lowest BCUT2D eigenvalue weighted by Gasteiger charge is -2.30. The van der Waals surface area contributed by atoms with E-state index in [-0.39, 0.29) is 11.9 Å². The van der Waals surface area contributed by atoms with E-state index in [1.54, 1.807) is 0 Å². The maximum atomic E-state index is 13.3. The van der Waals surface area contributed by atoms with Crippen LogP contribution in [0.25, 0.3) is 44.7 Å². The van der Waals surface area contributed by atoms with Gasteiger partial charge in [0.1, 0.15) is 11.2 Å². The van der Waals surface area contributed by atoms with Gasteiger partial charge in [0, 0.05) is 42.3 Å². The maximum Gasteiger partial charge on any atom is 0.253 e. The first-order chi connectivity index (χ1) is 17.7. The molecule has 1 saturated carbocycles. The molecule has 5 aromatic rings. The number of benzene rings is 1. The minimum atomic E-state index is -0.0758. The van der Waals surface area contributed by atoms with E-state index in [0.717, 1.165) is 59.9 Å². The Morgan fingerprint density at radius 2 is 1.97 bits per heavy atom. The van der Waals surface area contributed by atoms with E-state index < -0.39 is 0 Å². The van der Waals surface area contributed by atoms with Crippen LogP contribution in [0.2, 0.25) is 0 Å². The van der Waals surface area contributed by atoms with Crippen molar-refractivity contribution in [3.63, 3.8) is 0 Å². The van der Waals surface area contributed by atoms with Gasteiger partial charge in [-0.1, -0.05) is 12.5 Å². The van der Waals surface area contributed by atoms with E-state index in [4.69, 9.17) is 4.98 Å². The number of carbonyl (C=O) groups is 1. The Morgan fingerprint density at radius 1 is 1.03 bits per heavy atom. The number of rotatable bonds is 0. The van der Waals surface area contributed by atoms with Crippen molar-refractivity contribution in [1.29, 1.82) is 0 Å². The van der Waals surface area contributed by atoms with Gasteiger partial charge in [-0.05, 0) is 61.6 Å². The van der Waals surface area contributed by atoms with Gasteiger partial charge in [0.15, 0.2) is 11.5 Å². The molecule has 2 aliphatic rings. The molecule has 1 aliphatic heterocycles. The SMILES string of the molecule is O=C1NC2CCCC(CNCc3cncc(c3)-c3cnc4[nH]nc(c4c3)-c3nc4c1cccc4[nH]3)C2. The van der Waals surface area contributed by atoms with Crippen LogP contribution in [0.3, 0.4) is 0 Å². The van der Waals surface area contributed by atoms with Crippen molar-refractivity contribution in [2.24, 2.45) is 5.92 Å². The highest BCUT2D eigenvalue weighted by Crippen LogP contribution is 2.30. The summed E-state index contributed by atoms with van der Waals surface area (Å²) in [5.41, 5.74) is 6.47. The van der Waals surface area contributed by atoms with Crippen LogP contribution in [-0.2, 0) is 6.54 Å². The normalized spacial score (nSPS) is 20.3. The van der Waals surface area contributed by atoms with Crippen LogP contribution in [0.1, 0.15) is 41.6 Å². The van der Waals surface area contributed by atoms with Gasteiger partial charge in [-0.25, -0.2) is 9.97 Å². The van der Waals surface area contributed by atoms with Gasteiger partial charge in [-0.15, -0.1) is 0 Å². The number of nitrogens with one attached hydrogen (secondary N) is 4. The van der Waals surface area contributed by atoms with Crippen molar-refractivity contribution < 1.29 is 4.79 Å². The largest absolute Gasteiger partial charge is 0.349 e. The quantitative estimate of drug-likeness (QED) is 0.267. The maximum absolute atomic E-state index is 13.3. The number of amides is 1. The van der Waals surface area contributed by atoms with Gasteiger partial charge in [0.2, 0.25) is 0 Å². The summed E-state index contributed by atoms with van der Waals surface area (Å²) in [6.07, 6.45) is 9.88. The Morgan fingerprint density at radius 3 is 2.94 bits per heavy atom. The third-order valence-electron chi connectivity index (χ3n) is 7.41.